The number of pyridine rings is 1. The fraction of sp³-hybridized carbons (Fsp3) is 0.0556. The number of aliphatic hydroxyl groups excluding tert-OH is 1. The monoisotopic (exact) mass is 731 g/mol. The first-order valence-corrected chi connectivity index (χ1v) is 13.8. The zero-order valence-electron chi connectivity index (χ0n) is 22.7. The molecular formula is C36H28IrNO2S-. The molecule has 2 heterocycles. The van der Waals surface area contributed by atoms with Crippen molar-refractivity contribution in [1.82, 2.24) is 4.98 Å². The largest absolute Gasteiger partial charge is 0.512 e. The second kappa shape index (κ2) is 14.0. The van der Waals surface area contributed by atoms with Crippen molar-refractivity contribution in [3.8, 4) is 44.0 Å². The van der Waals surface area contributed by atoms with Gasteiger partial charge in [0.1, 0.15) is 0 Å². The van der Waals surface area contributed by atoms with Crippen molar-refractivity contribution in [2.45, 2.75) is 13.8 Å². The third kappa shape index (κ3) is 7.33. The average Bonchev–Trinajstić information content (AvgIpc) is 3.37. The molecule has 5 heteroatoms. The predicted octanol–water partition coefficient (Wildman–Crippen LogP) is 9.80. The van der Waals surface area contributed by atoms with E-state index in [4.69, 9.17) is 10.1 Å². The Kier molecular flexibility index (Phi) is 10.2. The van der Waals surface area contributed by atoms with Crippen LogP contribution >= 0.6 is 11.3 Å². The summed E-state index contributed by atoms with van der Waals surface area (Å²) < 4.78 is 1.19. The van der Waals surface area contributed by atoms with E-state index in [1.54, 1.807) is 11.3 Å². The molecule has 0 amide bonds. The van der Waals surface area contributed by atoms with Gasteiger partial charge in [-0.25, -0.2) is 0 Å². The molecule has 0 fully saturated rings. The minimum atomic E-state index is -0.125. The molecule has 1 radical (unpaired) electrons. The summed E-state index contributed by atoms with van der Waals surface area (Å²) in [5, 5.41) is 9.59. The van der Waals surface area contributed by atoms with Crippen molar-refractivity contribution in [2.24, 2.45) is 0 Å². The van der Waals surface area contributed by atoms with E-state index in [2.05, 4.69) is 109 Å². The molecule has 3 nitrogen and oxygen atoms in total. The first-order valence-electron chi connectivity index (χ1n) is 13.0. The van der Waals surface area contributed by atoms with E-state index in [9.17, 15) is 4.79 Å². The van der Waals surface area contributed by atoms with Crippen molar-refractivity contribution in [3.63, 3.8) is 0 Å². The van der Waals surface area contributed by atoms with Gasteiger partial charge in [-0.3, -0.25) is 4.79 Å². The van der Waals surface area contributed by atoms with E-state index >= 15 is 0 Å². The Balaban J connectivity index is 0.000000434. The number of aliphatic hydroxyl groups is 1. The minimum Gasteiger partial charge on any atom is -0.512 e. The zero-order valence-corrected chi connectivity index (χ0v) is 25.9. The van der Waals surface area contributed by atoms with Gasteiger partial charge in [0.05, 0.1) is 10.5 Å². The average molecular weight is 731 g/mol. The van der Waals surface area contributed by atoms with Gasteiger partial charge >= 0.3 is 0 Å². The molecule has 0 saturated carbocycles. The maximum Gasteiger partial charge on any atom is 0.155 e. The van der Waals surface area contributed by atoms with Crippen LogP contribution in [0.5, 0.6) is 0 Å². The van der Waals surface area contributed by atoms with E-state index in [0.29, 0.717) is 0 Å². The fourth-order valence-corrected chi connectivity index (χ4v) is 5.73. The number of hydrogen-bond donors (Lipinski definition) is 1. The Morgan fingerprint density at radius 2 is 1.37 bits per heavy atom. The summed E-state index contributed by atoms with van der Waals surface area (Å²) in [6, 6.07) is 43.6. The van der Waals surface area contributed by atoms with Gasteiger partial charge in [0, 0.05) is 42.8 Å². The number of carbonyl (C=O) groups is 1. The number of fused-ring (bicyclic) bond motifs is 1. The normalized spacial score (nSPS) is 10.8. The maximum atomic E-state index is 10.0. The van der Waals surface area contributed by atoms with E-state index in [-0.39, 0.29) is 31.6 Å². The molecule has 0 spiro atoms. The van der Waals surface area contributed by atoms with Crippen LogP contribution in [0.3, 0.4) is 0 Å². The quantitative estimate of drug-likeness (QED) is 0.109. The van der Waals surface area contributed by atoms with Crippen LogP contribution in [0.25, 0.3) is 54.0 Å². The molecular weight excluding hydrogens is 703 g/mol. The summed E-state index contributed by atoms with van der Waals surface area (Å²) in [5.41, 5.74) is 8.04. The SMILES string of the molecule is CC(=O)/C=C(/C)O.[Ir].[c-]1ccc(-c2ccccc2)cc1-c1cc2c(-c3ccccc3)c(-c3ccccc3)sc2cn1. The summed E-state index contributed by atoms with van der Waals surface area (Å²) in [6.07, 6.45) is 3.18. The second-order valence-corrected chi connectivity index (χ2v) is 10.4. The zero-order chi connectivity index (χ0) is 27.9. The van der Waals surface area contributed by atoms with Crippen LogP contribution in [0.4, 0.5) is 0 Å². The van der Waals surface area contributed by atoms with Crippen molar-refractivity contribution < 1.29 is 30.0 Å². The van der Waals surface area contributed by atoms with Crippen molar-refractivity contribution >= 4 is 27.2 Å². The molecule has 1 N–H and O–H groups in total. The molecule has 0 aliphatic heterocycles. The summed E-state index contributed by atoms with van der Waals surface area (Å²) >= 11 is 1.80. The van der Waals surface area contributed by atoms with Gasteiger partial charge in [-0.2, -0.15) is 0 Å². The van der Waals surface area contributed by atoms with Gasteiger partial charge in [0.15, 0.2) is 5.78 Å². The molecule has 0 unspecified atom stereocenters. The molecule has 41 heavy (non-hydrogen) atoms. The van der Waals surface area contributed by atoms with Gasteiger partial charge in [-0.1, -0.05) is 97.1 Å². The van der Waals surface area contributed by atoms with Crippen LogP contribution in [0.2, 0.25) is 0 Å². The standard InChI is InChI=1S/C31H20NS.C5H8O2.Ir/c1-4-11-22(12-5-1)25-17-10-18-26(19-25)28-20-27-29(21-32-28)33-31(24-15-8-3-9-16-24)30(27)23-13-6-2-7-14-23;1-4(6)3-5(2)7;/h1-17,19-21H;3,6H,1-2H3;/q-1;;/b;4-3-;. The molecule has 0 aliphatic rings. The number of thiophene rings is 1. The maximum absolute atomic E-state index is 10.0. The van der Waals surface area contributed by atoms with Crippen molar-refractivity contribution in [3.05, 3.63) is 139 Å². The third-order valence-corrected chi connectivity index (χ3v) is 7.46. The molecule has 4 aromatic carbocycles. The number of aromatic nitrogens is 1. The van der Waals surface area contributed by atoms with Crippen LogP contribution in [0, 0.1) is 6.07 Å². The number of allylic oxidation sites excluding steroid dienone is 2. The van der Waals surface area contributed by atoms with Crippen LogP contribution in [0.15, 0.2) is 133 Å². The number of benzene rings is 4. The summed E-state index contributed by atoms with van der Waals surface area (Å²) in [4.78, 5) is 16.1. The molecule has 6 aromatic rings. The summed E-state index contributed by atoms with van der Waals surface area (Å²) in [7, 11) is 0. The van der Waals surface area contributed by atoms with Crippen LogP contribution < -0.4 is 0 Å². The Hall–Kier alpha value is -4.15. The van der Waals surface area contributed by atoms with E-state index in [1.807, 2.05) is 18.3 Å². The molecule has 2 aromatic heterocycles. The fourth-order valence-electron chi connectivity index (χ4n) is 4.55. The van der Waals surface area contributed by atoms with Gasteiger partial charge in [0.25, 0.3) is 0 Å². The predicted molar refractivity (Wildman–Crippen MR) is 167 cm³/mol. The van der Waals surface area contributed by atoms with Gasteiger partial charge in [-0.15, -0.1) is 46.7 Å². The van der Waals surface area contributed by atoms with E-state index < -0.39 is 0 Å². The Morgan fingerprint density at radius 1 is 0.780 bits per heavy atom. The Morgan fingerprint density at radius 3 is 1.93 bits per heavy atom. The number of hydrogen-bond acceptors (Lipinski definition) is 4. The van der Waals surface area contributed by atoms with Gasteiger partial charge in [0.2, 0.25) is 0 Å². The summed E-state index contributed by atoms with van der Waals surface area (Å²) in [5.74, 6) is -0.0625. The van der Waals surface area contributed by atoms with Crippen LogP contribution in [-0.4, -0.2) is 15.9 Å². The van der Waals surface area contributed by atoms with E-state index in [1.165, 1.54) is 62.7 Å². The molecule has 0 aliphatic carbocycles. The minimum absolute atomic E-state index is 0. The summed E-state index contributed by atoms with van der Waals surface area (Å²) in [6.45, 7) is 2.85. The third-order valence-electron chi connectivity index (χ3n) is 6.27. The molecule has 6 rings (SSSR count). The first kappa shape index (κ1) is 29.8. The van der Waals surface area contributed by atoms with Crippen LogP contribution in [0.1, 0.15) is 13.8 Å². The first-order chi connectivity index (χ1) is 19.5. The van der Waals surface area contributed by atoms with Crippen molar-refractivity contribution in [2.75, 3.05) is 0 Å². The van der Waals surface area contributed by atoms with Gasteiger partial charge < -0.3 is 10.1 Å². The molecule has 205 valence electrons. The Labute approximate surface area is 258 Å². The molecule has 0 atom stereocenters. The number of ketones is 1. The number of carbonyl (C=O) groups excluding carboxylic acids is 1. The number of rotatable bonds is 5. The van der Waals surface area contributed by atoms with E-state index in [0.717, 1.165) is 11.3 Å². The molecule has 0 bridgehead atoms. The Bertz CT molecular complexity index is 1780. The smallest absolute Gasteiger partial charge is 0.155 e. The topological polar surface area (TPSA) is 50.2 Å². The molecule has 0 saturated heterocycles. The number of nitrogens with zero attached hydrogens (tertiary/aromatic N) is 1. The van der Waals surface area contributed by atoms with Crippen LogP contribution in [-0.2, 0) is 24.9 Å². The van der Waals surface area contributed by atoms with Crippen molar-refractivity contribution in [1.29, 1.82) is 0 Å². The van der Waals surface area contributed by atoms with Gasteiger partial charge in [-0.05, 0) is 41.6 Å². The second-order valence-electron chi connectivity index (χ2n) is 9.36.